The highest BCUT2D eigenvalue weighted by Crippen LogP contribution is 2.14. The van der Waals surface area contributed by atoms with E-state index in [1.165, 1.54) is 24.8 Å². The van der Waals surface area contributed by atoms with Crippen LogP contribution in [0.2, 0.25) is 0 Å². The Morgan fingerprint density at radius 2 is 1.35 bits per heavy atom. The normalized spacial score (nSPS) is 8.75. The summed E-state index contributed by atoms with van der Waals surface area (Å²) in [5.74, 6) is 0.868. The predicted octanol–water partition coefficient (Wildman–Crippen LogP) is 3.24. The van der Waals surface area contributed by atoms with Gasteiger partial charge in [-0.25, -0.2) is 0 Å². The van der Waals surface area contributed by atoms with Crippen molar-refractivity contribution in [3.8, 4) is 0 Å². The molecule has 0 unspecified atom stereocenters. The van der Waals surface area contributed by atoms with E-state index >= 15 is 0 Å². The van der Waals surface area contributed by atoms with Crippen molar-refractivity contribution in [2.75, 3.05) is 0 Å². The fraction of sp³-hybridized carbons (Fsp3) is 0.429. The Morgan fingerprint density at radius 1 is 1.00 bits per heavy atom. The summed E-state index contributed by atoms with van der Waals surface area (Å²) in [7, 11) is 0. The van der Waals surface area contributed by atoms with Crippen LogP contribution in [-0.2, 0) is 6.42 Å². The average Bonchev–Trinajstić information content (AvgIpc) is 2.36. The van der Waals surface area contributed by atoms with Crippen molar-refractivity contribution in [2.45, 2.75) is 33.1 Å². The third-order valence-corrected chi connectivity index (χ3v) is 2.52. The van der Waals surface area contributed by atoms with E-state index in [0.717, 1.165) is 5.92 Å². The lowest BCUT2D eigenvalue weighted by Gasteiger charge is -2.11. The second kappa shape index (κ2) is 14.0. The quantitative estimate of drug-likeness (QED) is 0.637. The largest absolute Gasteiger partial charge is 0.487 e. The lowest BCUT2D eigenvalue weighted by molar-refractivity contribution is 0.490. The minimum Gasteiger partial charge on any atom is -0.487 e. The molecular formula is C14H24N2O2S2. The van der Waals surface area contributed by atoms with E-state index in [1.54, 1.807) is 0 Å². The molecule has 6 heteroatoms. The zero-order valence-electron chi connectivity index (χ0n) is 12.0. The highest BCUT2D eigenvalue weighted by molar-refractivity contribution is 7.80. The number of hydrogen-bond donors (Lipinski definition) is 4. The maximum Gasteiger partial charge on any atom is 0.251 e. The van der Waals surface area contributed by atoms with Crippen LogP contribution < -0.4 is 11.5 Å². The third-order valence-electron chi connectivity index (χ3n) is 2.52. The topological polar surface area (TPSA) is 92.5 Å². The fourth-order valence-electron chi connectivity index (χ4n) is 1.52. The predicted molar refractivity (Wildman–Crippen MR) is 93.0 cm³/mol. The van der Waals surface area contributed by atoms with E-state index in [0.29, 0.717) is 0 Å². The van der Waals surface area contributed by atoms with Crippen LogP contribution >= 0.6 is 24.4 Å². The molecule has 0 fully saturated rings. The molecule has 0 amide bonds. The van der Waals surface area contributed by atoms with E-state index < -0.39 is 10.3 Å². The molecule has 0 radical (unpaired) electrons. The first-order chi connectivity index (χ1) is 9.33. The van der Waals surface area contributed by atoms with E-state index in [2.05, 4.69) is 80.1 Å². The van der Waals surface area contributed by atoms with Gasteiger partial charge in [-0.1, -0.05) is 57.0 Å². The van der Waals surface area contributed by atoms with E-state index in [-0.39, 0.29) is 0 Å². The molecule has 20 heavy (non-hydrogen) atoms. The van der Waals surface area contributed by atoms with E-state index in [9.17, 15) is 0 Å². The van der Waals surface area contributed by atoms with Gasteiger partial charge in [0.05, 0.1) is 0 Å². The fourth-order valence-corrected chi connectivity index (χ4v) is 1.52. The number of aliphatic hydroxyl groups excluding tert-OH is 2. The molecule has 0 saturated carbocycles. The number of hydrogen-bond acceptors (Lipinski definition) is 2. The second-order valence-corrected chi connectivity index (χ2v) is 4.89. The summed E-state index contributed by atoms with van der Waals surface area (Å²) in [4.78, 5) is 0. The van der Waals surface area contributed by atoms with Gasteiger partial charge in [0, 0.05) is 0 Å². The Labute approximate surface area is 131 Å². The standard InChI is InChI=1S/C12H18.2CH3NOS/c1-3-11(4-2)10-12-8-6-5-7-9-12;2*2-1(3)4/h5-9,11H,3-4,10H2,1-2H3;2*(H3,2,3,4). The average molecular weight is 316 g/mol. The summed E-state index contributed by atoms with van der Waals surface area (Å²) in [6, 6.07) is 10.8. The van der Waals surface area contributed by atoms with Crippen LogP contribution in [0.3, 0.4) is 0 Å². The molecule has 1 rings (SSSR count). The molecule has 0 heterocycles. The SMILES string of the molecule is CCC(CC)Cc1ccccc1.NC(O)=S.NC(O)=S. The van der Waals surface area contributed by atoms with Gasteiger partial charge < -0.3 is 21.7 Å². The molecular weight excluding hydrogens is 292 g/mol. The van der Waals surface area contributed by atoms with Crippen molar-refractivity contribution in [1.82, 2.24) is 0 Å². The lowest BCUT2D eigenvalue weighted by Crippen LogP contribution is -2.03. The van der Waals surface area contributed by atoms with E-state index in [4.69, 9.17) is 10.2 Å². The van der Waals surface area contributed by atoms with Crippen molar-refractivity contribution in [3.05, 3.63) is 35.9 Å². The number of thiocarbonyl (C=S) groups is 2. The van der Waals surface area contributed by atoms with Crippen LogP contribution in [0.15, 0.2) is 30.3 Å². The first kappa shape index (κ1) is 20.9. The maximum atomic E-state index is 7.56. The summed E-state index contributed by atoms with van der Waals surface area (Å²) in [6.07, 6.45) is 3.84. The van der Waals surface area contributed by atoms with Crippen LogP contribution in [-0.4, -0.2) is 20.6 Å². The van der Waals surface area contributed by atoms with Gasteiger partial charge in [-0.3, -0.25) is 0 Å². The van der Waals surface area contributed by atoms with E-state index in [1.807, 2.05) is 0 Å². The van der Waals surface area contributed by atoms with Crippen molar-refractivity contribution in [1.29, 1.82) is 0 Å². The first-order valence-corrected chi connectivity index (χ1v) is 7.15. The highest BCUT2D eigenvalue weighted by Gasteiger charge is 2.03. The van der Waals surface area contributed by atoms with Gasteiger partial charge >= 0.3 is 0 Å². The summed E-state index contributed by atoms with van der Waals surface area (Å²) < 4.78 is 0. The number of rotatable bonds is 4. The highest BCUT2D eigenvalue weighted by atomic mass is 32.1. The number of aliphatic hydroxyl groups is 2. The van der Waals surface area contributed by atoms with Crippen LogP contribution in [0.25, 0.3) is 0 Å². The maximum absolute atomic E-state index is 7.56. The molecule has 1 aromatic rings. The molecule has 0 saturated heterocycles. The third kappa shape index (κ3) is 19.0. The number of nitrogens with two attached hydrogens (primary N) is 2. The molecule has 4 nitrogen and oxygen atoms in total. The van der Waals surface area contributed by atoms with Gasteiger partial charge in [-0.15, -0.1) is 0 Å². The molecule has 0 bridgehead atoms. The van der Waals surface area contributed by atoms with Gasteiger partial charge in [0.1, 0.15) is 0 Å². The number of benzene rings is 1. The molecule has 0 spiro atoms. The van der Waals surface area contributed by atoms with Gasteiger partial charge in [0.15, 0.2) is 0 Å². The van der Waals surface area contributed by atoms with Gasteiger partial charge in [0.2, 0.25) is 0 Å². The van der Waals surface area contributed by atoms with Crippen LogP contribution in [0, 0.1) is 5.92 Å². The van der Waals surface area contributed by atoms with Crippen molar-refractivity contribution < 1.29 is 10.2 Å². The summed E-state index contributed by atoms with van der Waals surface area (Å²) in [5.41, 5.74) is 10.3. The Morgan fingerprint density at radius 3 is 1.65 bits per heavy atom. The monoisotopic (exact) mass is 316 g/mol. The van der Waals surface area contributed by atoms with Crippen LogP contribution in [0.5, 0.6) is 0 Å². The molecule has 1 aromatic carbocycles. The van der Waals surface area contributed by atoms with Crippen LogP contribution in [0.4, 0.5) is 0 Å². The Kier molecular flexibility index (Phi) is 14.7. The molecule has 0 aromatic heterocycles. The molecule has 0 aliphatic heterocycles. The molecule has 0 aliphatic carbocycles. The van der Waals surface area contributed by atoms with Gasteiger partial charge in [-0.2, -0.15) is 0 Å². The van der Waals surface area contributed by atoms with Crippen molar-refractivity contribution >= 4 is 34.8 Å². The molecule has 0 atom stereocenters. The summed E-state index contributed by atoms with van der Waals surface area (Å²) >= 11 is 7.74. The van der Waals surface area contributed by atoms with Gasteiger partial charge in [-0.05, 0) is 42.3 Å². The molecule has 6 N–H and O–H groups in total. The lowest BCUT2D eigenvalue weighted by atomic mass is 9.95. The molecule has 114 valence electrons. The van der Waals surface area contributed by atoms with Crippen molar-refractivity contribution in [3.63, 3.8) is 0 Å². The smallest absolute Gasteiger partial charge is 0.251 e. The van der Waals surface area contributed by atoms with Crippen molar-refractivity contribution in [2.24, 2.45) is 17.4 Å². The zero-order valence-corrected chi connectivity index (χ0v) is 13.6. The van der Waals surface area contributed by atoms with Crippen LogP contribution in [0.1, 0.15) is 32.3 Å². The summed E-state index contributed by atoms with van der Waals surface area (Å²) in [6.45, 7) is 4.55. The zero-order chi connectivity index (χ0) is 16.0. The first-order valence-electron chi connectivity index (χ1n) is 6.34. The summed E-state index contributed by atoms with van der Waals surface area (Å²) in [5, 5.41) is 14.1. The molecule has 0 aliphatic rings. The van der Waals surface area contributed by atoms with Gasteiger partial charge in [0.25, 0.3) is 10.3 Å². The Balaban J connectivity index is 0. The minimum absolute atomic E-state index is 0.500. The minimum atomic E-state index is -0.500. The second-order valence-electron chi connectivity index (χ2n) is 4.05. The Hall–Kier alpha value is -1.40. The Bertz CT molecular complexity index is 349.